The van der Waals surface area contributed by atoms with Gasteiger partial charge in [0.25, 0.3) is 0 Å². The summed E-state index contributed by atoms with van der Waals surface area (Å²) in [7, 11) is 4.48. The van der Waals surface area contributed by atoms with Crippen molar-refractivity contribution in [2.45, 2.75) is 46.4 Å². The van der Waals surface area contributed by atoms with E-state index in [-0.39, 0.29) is 0 Å². The fourth-order valence-corrected chi connectivity index (χ4v) is 2.36. The van der Waals surface area contributed by atoms with Crippen molar-refractivity contribution in [1.82, 2.24) is 4.90 Å². The van der Waals surface area contributed by atoms with Crippen LogP contribution >= 0.6 is 0 Å². The summed E-state index contributed by atoms with van der Waals surface area (Å²) in [4.78, 5) is 2.39. The summed E-state index contributed by atoms with van der Waals surface area (Å²) < 4.78 is 0. The van der Waals surface area contributed by atoms with Gasteiger partial charge in [-0.15, -0.1) is 0 Å². The zero-order chi connectivity index (χ0) is 10.7. The molecule has 0 aromatic heterocycles. The molecule has 2 heteroatoms. The normalized spacial score (nSPS) is 18.1. The first kappa shape index (κ1) is 11.4. The maximum absolute atomic E-state index is 2.39. The van der Waals surface area contributed by atoms with Crippen molar-refractivity contribution in [2.75, 3.05) is 7.05 Å². The second-order valence-corrected chi connectivity index (χ2v) is 4.04. The molecular weight excluding hydrogens is 169 g/mol. The van der Waals surface area contributed by atoms with E-state index in [0.717, 1.165) is 6.42 Å². The van der Waals surface area contributed by atoms with Gasteiger partial charge >= 0.3 is 0 Å². The van der Waals surface area contributed by atoms with Gasteiger partial charge in [0.2, 0.25) is 0 Å². The van der Waals surface area contributed by atoms with Crippen LogP contribution in [-0.2, 0) is 0 Å². The average molecular weight is 191 g/mol. The third-order valence-electron chi connectivity index (χ3n) is 3.44. The zero-order valence-corrected chi connectivity index (χ0v) is 10.3. The predicted octanol–water partition coefficient (Wildman–Crippen LogP) is 2.72. The Labute approximate surface area is 89.3 Å². The number of rotatable bonds is 3. The minimum atomic E-state index is 1.16. The molecule has 1 aliphatic rings. The van der Waals surface area contributed by atoms with Gasteiger partial charge in [-0.2, -0.15) is 0 Å². The van der Waals surface area contributed by atoms with Crippen molar-refractivity contribution >= 4 is 7.85 Å². The number of hydrogen-bond donors (Lipinski definition) is 0. The summed E-state index contributed by atoms with van der Waals surface area (Å²) >= 11 is 0. The third-order valence-corrected chi connectivity index (χ3v) is 3.44. The highest BCUT2D eigenvalue weighted by molar-refractivity contribution is 6.10. The van der Waals surface area contributed by atoms with Gasteiger partial charge in [0.05, 0.1) is 0 Å². The predicted molar refractivity (Wildman–Crippen MR) is 66.0 cm³/mol. The van der Waals surface area contributed by atoms with E-state index in [2.05, 4.69) is 40.6 Å². The quantitative estimate of drug-likeness (QED) is 0.620. The Hall–Kier alpha value is -0.655. The topological polar surface area (TPSA) is 3.24 Å². The van der Waals surface area contributed by atoms with Gasteiger partial charge in [0, 0.05) is 18.4 Å². The third kappa shape index (κ3) is 1.89. The van der Waals surface area contributed by atoms with E-state index in [9.17, 15) is 0 Å². The molecule has 0 fully saturated rings. The summed E-state index contributed by atoms with van der Waals surface area (Å²) in [6.45, 7) is 6.77. The summed E-state index contributed by atoms with van der Waals surface area (Å²) in [6.07, 6.45) is 4.77. The molecule has 0 saturated carbocycles. The highest BCUT2D eigenvalue weighted by atomic mass is 15.1. The maximum atomic E-state index is 2.39. The fraction of sp³-hybridized carbons (Fsp3) is 0.667. The molecule has 0 radical (unpaired) electrons. The molecule has 1 rings (SSSR count). The van der Waals surface area contributed by atoms with Crippen molar-refractivity contribution < 1.29 is 0 Å². The average Bonchev–Trinajstić information content (AvgIpc) is 2.21. The van der Waals surface area contributed by atoms with E-state index in [1.165, 1.54) is 24.9 Å². The monoisotopic (exact) mass is 191 g/mol. The van der Waals surface area contributed by atoms with Crippen LogP contribution in [0.1, 0.15) is 40.0 Å². The van der Waals surface area contributed by atoms with Gasteiger partial charge in [-0.25, -0.2) is 0 Å². The van der Waals surface area contributed by atoms with E-state index in [1.54, 1.807) is 16.8 Å². The highest BCUT2D eigenvalue weighted by Gasteiger charge is 2.18. The van der Waals surface area contributed by atoms with Gasteiger partial charge in [-0.3, -0.25) is 0 Å². The molecule has 1 aliphatic heterocycles. The first-order chi connectivity index (χ1) is 6.65. The molecule has 0 spiro atoms. The van der Waals surface area contributed by atoms with E-state index in [0.29, 0.717) is 0 Å². The van der Waals surface area contributed by atoms with Crippen molar-refractivity contribution in [1.29, 1.82) is 0 Å². The Morgan fingerprint density at radius 2 is 1.86 bits per heavy atom. The van der Waals surface area contributed by atoms with Crippen LogP contribution in [0, 0.1) is 0 Å². The standard InChI is InChI=1S/C12H22BN/c1-5-10-7-11(8-13)12(6-2)14(4)9(10)3/h5-8,13H2,1-4H3. The van der Waals surface area contributed by atoms with E-state index < -0.39 is 0 Å². The van der Waals surface area contributed by atoms with Crippen molar-refractivity contribution in [2.24, 2.45) is 0 Å². The van der Waals surface area contributed by atoms with Crippen LogP contribution in [0.15, 0.2) is 22.5 Å². The molecule has 0 saturated heterocycles. The molecule has 0 amide bonds. The van der Waals surface area contributed by atoms with Crippen LogP contribution < -0.4 is 0 Å². The van der Waals surface area contributed by atoms with Crippen LogP contribution in [-0.4, -0.2) is 19.8 Å². The van der Waals surface area contributed by atoms with Gasteiger partial charge in [0.1, 0.15) is 7.85 Å². The molecular formula is C12H22BN. The van der Waals surface area contributed by atoms with Gasteiger partial charge in [0.15, 0.2) is 0 Å². The number of nitrogens with zero attached hydrogens (tertiary/aromatic N) is 1. The van der Waals surface area contributed by atoms with Crippen molar-refractivity contribution in [3.63, 3.8) is 0 Å². The van der Waals surface area contributed by atoms with E-state index in [1.807, 2.05) is 0 Å². The summed E-state index contributed by atoms with van der Waals surface area (Å²) in [5.74, 6) is 0. The zero-order valence-electron chi connectivity index (χ0n) is 10.3. The lowest BCUT2D eigenvalue weighted by Crippen LogP contribution is -2.22. The Bertz CT molecular complexity index is 276. The Balaban J connectivity index is 3.01. The summed E-state index contributed by atoms with van der Waals surface area (Å²) in [5, 5.41) is 0. The van der Waals surface area contributed by atoms with E-state index >= 15 is 0 Å². The summed E-state index contributed by atoms with van der Waals surface area (Å²) in [6, 6.07) is 0. The molecule has 0 atom stereocenters. The molecule has 1 nitrogen and oxygen atoms in total. The summed E-state index contributed by atoms with van der Waals surface area (Å²) in [5.41, 5.74) is 6.27. The highest BCUT2D eigenvalue weighted by Crippen LogP contribution is 2.33. The van der Waals surface area contributed by atoms with E-state index in [4.69, 9.17) is 0 Å². The lowest BCUT2D eigenvalue weighted by Gasteiger charge is -2.33. The SMILES string of the molecule is BCC1=C(CC)N(C)C(C)=C(CC)C1. The van der Waals surface area contributed by atoms with Gasteiger partial charge < -0.3 is 4.90 Å². The van der Waals surface area contributed by atoms with Crippen molar-refractivity contribution in [3.8, 4) is 0 Å². The van der Waals surface area contributed by atoms with Crippen LogP contribution in [0.25, 0.3) is 0 Å². The molecule has 0 N–H and O–H groups in total. The minimum absolute atomic E-state index is 1.16. The molecule has 0 bridgehead atoms. The molecule has 0 aliphatic carbocycles. The fourth-order valence-electron chi connectivity index (χ4n) is 2.36. The Kier molecular flexibility index (Phi) is 3.85. The minimum Gasteiger partial charge on any atom is -0.352 e. The van der Waals surface area contributed by atoms with Crippen molar-refractivity contribution in [3.05, 3.63) is 22.5 Å². The first-order valence-electron chi connectivity index (χ1n) is 5.78. The Morgan fingerprint density at radius 3 is 2.29 bits per heavy atom. The van der Waals surface area contributed by atoms with Crippen LogP contribution in [0.5, 0.6) is 0 Å². The molecule has 0 unspecified atom stereocenters. The first-order valence-corrected chi connectivity index (χ1v) is 5.78. The lowest BCUT2D eigenvalue weighted by molar-refractivity contribution is 0.468. The molecule has 0 aromatic rings. The number of allylic oxidation sites excluding steroid dienone is 4. The second kappa shape index (κ2) is 4.72. The van der Waals surface area contributed by atoms with Gasteiger partial charge in [-0.05, 0) is 31.8 Å². The molecule has 1 heterocycles. The van der Waals surface area contributed by atoms with Crippen LogP contribution in [0.2, 0.25) is 6.32 Å². The second-order valence-electron chi connectivity index (χ2n) is 4.04. The van der Waals surface area contributed by atoms with Crippen LogP contribution in [0.3, 0.4) is 0 Å². The largest absolute Gasteiger partial charge is 0.352 e. The Morgan fingerprint density at radius 1 is 1.21 bits per heavy atom. The number of hydrogen-bond acceptors (Lipinski definition) is 1. The lowest BCUT2D eigenvalue weighted by atomic mass is 9.85. The van der Waals surface area contributed by atoms with Crippen LogP contribution in [0.4, 0.5) is 0 Å². The molecule has 0 aromatic carbocycles. The van der Waals surface area contributed by atoms with Gasteiger partial charge in [-0.1, -0.05) is 25.7 Å². The maximum Gasteiger partial charge on any atom is 0.106 e. The molecule has 78 valence electrons. The smallest absolute Gasteiger partial charge is 0.106 e. The molecule has 14 heavy (non-hydrogen) atoms.